The molecule has 0 saturated heterocycles. The molecule has 0 aliphatic heterocycles. The summed E-state index contributed by atoms with van der Waals surface area (Å²) in [5, 5.41) is 6.92. The lowest BCUT2D eigenvalue weighted by Crippen LogP contribution is -2.33. The van der Waals surface area contributed by atoms with Crippen molar-refractivity contribution in [1.29, 1.82) is 0 Å². The van der Waals surface area contributed by atoms with E-state index in [0.29, 0.717) is 5.75 Å². The van der Waals surface area contributed by atoms with E-state index in [1.54, 1.807) is 16.7 Å². The van der Waals surface area contributed by atoms with Crippen molar-refractivity contribution in [2.45, 2.75) is 19.6 Å². The Hall–Kier alpha value is -0.720. The third-order valence-corrected chi connectivity index (χ3v) is 3.72. The zero-order valence-corrected chi connectivity index (χ0v) is 13.5. The first-order valence-electron chi connectivity index (χ1n) is 5.94. The van der Waals surface area contributed by atoms with Gasteiger partial charge in [-0.05, 0) is 20.9 Å². The third-order valence-electron chi connectivity index (χ3n) is 2.78. The summed E-state index contributed by atoms with van der Waals surface area (Å²) in [5.41, 5.74) is 2.02. The highest BCUT2D eigenvalue weighted by Gasteiger charge is 2.12. The number of thioether (sulfide) groups is 1. The number of hydrogen-bond donors (Lipinski definition) is 1. The molecule has 1 rings (SSSR count). The number of nitrogens with zero attached hydrogens (tertiary/aromatic N) is 2. The fourth-order valence-corrected chi connectivity index (χ4v) is 2.58. The van der Waals surface area contributed by atoms with E-state index < -0.39 is 0 Å². The van der Waals surface area contributed by atoms with Gasteiger partial charge in [-0.25, -0.2) is 0 Å². The molecule has 1 aromatic heterocycles. The number of likely N-dealkylation sites (N-methyl/N-ethyl adjacent to an activating group) is 2. The minimum absolute atomic E-state index is 0. The second-order valence-electron chi connectivity index (χ2n) is 4.21. The molecule has 0 atom stereocenters. The first-order valence-corrected chi connectivity index (χ1v) is 7.09. The predicted octanol–water partition coefficient (Wildman–Crippen LogP) is 1.62. The molecule has 0 radical (unpaired) electrons. The second kappa shape index (κ2) is 9.23. The number of carbonyl (C=O) groups is 1. The van der Waals surface area contributed by atoms with Crippen molar-refractivity contribution in [1.82, 2.24) is 15.4 Å². The highest BCUT2D eigenvalue weighted by atomic mass is 35.5. The van der Waals surface area contributed by atoms with Gasteiger partial charge >= 0.3 is 0 Å². The van der Waals surface area contributed by atoms with E-state index in [2.05, 4.69) is 10.5 Å². The van der Waals surface area contributed by atoms with Crippen LogP contribution in [0, 0.1) is 13.8 Å². The Balaban J connectivity index is 0.00000324. The van der Waals surface area contributed by atoms with Crippen LogP contribution in [0.3, 0.4) is 0 Å². The number of amides is 1. The Morgan fingerprint density at radius 1 is 1.47 bits per heavy atom. The normalized spacial score (nSPS) is 10.1. The molecule has 110 valence electrons. The van der Waals surface area contributed by atoms with Gasteiger partial charge in [-0.15, -0.1) is 24.2 Å². The molecule has 19 heavy (non-hydrogen) atoms. The molecule has 1 N–H and O–H groups in total. The molecule has 1 aromatic rings. The fourth-order valence-electron chi connectivity index (χ4n) is 1.46. The molecule has 0 saturated carbocycles. The molecule has 0 unspecified atom stereocenters. The van der Waals surface area contributed by atoms with Gasteiger partial charge in [-0.1, -0.05) is 5.16 Å². The van der Waals surface area contributed by atoms with Gasteiger partial charge in [0.1, 0.15) is 5.76 Å². The molecule has 0 aliphatic carbocycles. The van der Waals surface area contributed by atoms with E-state index >= 15 is 0 Å². The van der Waals surface area contributed by atoms with Crippen LogP contribution in [0.1, 0.15) is 17.0 Å². The summed E-state index contributed by atoms with van der Waals surface area (Å²) in [6, 6.07) is 0. The Kier molecular flexibility index (Phi) is 8.88. The monoisotopic (exact) mass is 307 g/mol. The van der Waals surface area contributed by atoms with Crippen LogP contribution in [-0.2, 0) is 10.5 Å². The maximum Gasteiger partial charge on any atom is 0.232 e. The summed E-state index contributed by atoms with van der Waals surface area (Å²) in [4.78, 5) is 13.5. The smallest absolute Gasteiger partial charge is 0.232 e. The molecule has 7 heteroatoms. The van der Waals surface area contributed by atoms with Crippen molar-refractivity contribution in [2.24, 2.45) is 0 Å². The zero-order chi connectivity index (χ0) is 13.5. The largest absolute Gasteiger partial charge is 0.361 e. The van der Waals surface area contributed by atoms with E-state index in [9.17, 15) is 4.79 Å². The van der Waals surface area contributed by atoms with Crippen molar-refractivity contribution < 1.29 is 9.32 Å². The Bertz CT molecular complexity index is 379. The second-order valence-corrected chi connectivity index (χ2v) is 5.20. The highest BCUT2D eigenvalue weighted by molar-refractivity contribution is 7.99. The molecular formula is C12H22ClN3O2S. The summed E-state index contributed by atoms with van der Waals surface area (Å²) in [6.45, 7) is 5.38. The summed E-state index contributed by atoms with van der Waals surface area (Å²) >= 11 is 1.60. The number of aromatic nitrogens is 1. The predicted molar refractivity (Wildman–Crippen MR) is 81.0 cm³/mol. The van der Waals surface area contributed by atoms with E-state index in [0.717, 1.165) is 35.9 Å². The van der Waals surface area contributed by atoms with Crippen molar-refractivity contribution in [3.8, 4) is 0 Å². The van der Waals surface area contributed by atoms with Gasteiger partial charge in [-0.2, -0.15) is 0 Å². The quantitative estimate of drug-likeness (QED) is 0.829. The van der Waals surface area contributed by atoms with Crippen LogP contribution in [-0.4, -0.2) is 48.9 Å². The summed E-state index contributed by atoms with van der Waals surface area (Å²) in [5.74, 6) is 2.26. The van der Waals surface area contributed by atoms with Crippen LogP contribution in [0.5, 0.6) is 0 Å². The maximum atomic E-state index is 11.8. The maximum absolute atomic E-state index is 11.8. The van der Waals surface area contributed by atoms with Crippen LogP contribution < -0.4 is 5.32 Å². The lowest BCUT2D eigenvalue weighted by molar-refractivity contribution is -0.127. The van der Waals surface area contributed by atoms with Crippen molar-refractivity contribution >= 4 is 30.1 Å². The van der Waals surface area contributed by atoms with Crippen molar-refractivity contribution in [3.05, 3.63) is 17.0 Å². The minimum atomic E-state index is 0. The van der Waals surface area contributed by atoms with Gasteiger partial charge in [0.15, 0.2) is 0 Å². The van der Waals surface area contributed by atoms with Gasteiger partial charge < -0.3 is 14.7 Å². The van der Waals surface area contributed by atoms with E-state index in [-0.39, 0.29) is 18.3 Å². The number of carbonyl (C=O) groups excluding carboxylic acids is 1. The number of rotatable bonds is 7. The van der Waals surface area contributed by atoms with Gasteiger partial charge in [-0.3, -0.25) is 4.79 Å². The molecule has 1 amide bonds. The van der Waals surface area contributed by atoms with Crippen LogP contribution >= 0.6 is 24.2 Å². The lowest BCUT2D eigenvalue weighted by atomic mass is 10.2. The van der Waals surface area contributed by atoms with Crippen molar-refractivity contribution in [2.75, 3.05) is 32.9 Å². The number of aryl methyl sites for hydroxylation is 2. The fraction of sp³-hybridized carbons (Fsp3) is 0.667. The first kappa shape index (κ1) is 18.3. The van der Waals surface area contributed by atoms with Gasteiger partial charge in [0.25, 0.3) is 0 Å². The zero-order valence-electron chi connectivity index (χ0n) is 11.9. The standard InChI is InChI=1S/C12H21N3O2S.ClH/c1-9-11(10(2)17-14-9)7-18-8-12(16)15(4)6-5-13-3;/h13H,5-8H2,1-4H3;1H. The molecule has 1 heterocycles. The average molecular weight is 308 g/mol. The Labute approximate surface area is 124 Å². The molecule has 0 fully saturated rings. The van der Waals surface area contributed by atoms with E-state index in [1.165, 1.54) is 0 Å². The van der Waals surface area contributed by atoms with Crippen molar-refractivity contribution in [3.63, 3.8) is 0 Å². The van der Waals surface area contributed by atoms with Gasteiger partial charge in [0, 0.05) is 31.5 Å². The number of hydrogen-bond acceptors (Lipinski definition) is 5. The van der Waals surface area contributed by atoms with Gasteiger partial charge in [0.2, 0.25) is 5.91 Å². The average Bonchev–Trinajstić information content (AvgIpc) is 2.67. The van der Waals surface area contributed by atoms with Crippen LogP contribution in [0.4, 0.5) is 0 Å². The first-order chi connectivity index (χ1) is 8.56. The molecule has 0 aromatic carbocycles. The molecule has 0 spiro atoms. The lowest BCUT2D eigenvalue weighted by Gasteiger charge is -2.16. The highest BCUT2D eigenvalue weighted by Crippen LogP contribution is 2.19. The topological polar surface area (TPSA) is 58.4 Å². The number of halogens is 1. The Morgan fingerprint density at radius 2 is 2.16 bits per heavy atom. The molecular weight excluding hydrogens is 286 g/mol. The van der Waals surface area contributed by atoms with Crippen LogP contribution in [0.2, 0.25) is 0 Å². The van der Waals surface area contributed by atoms with Gasteiger partial charge in [0.05, 0.1) is 11.4 Å². The minimum Gasteiger partial charge on any atom is -0.361 e. The third kappa shape index (κ3) is 5.84. The van der Waals surface area contributed by atoms with Crippen LogP contribution in [0.15, 0.2) is 4.52 Å². The summed E-state index contributed by atoms with van der Waals surface area (Å²) in [6.07, 6.45) is 0. The SMILES string of the molecule is CNCCN(C)C(=O)CSCc1c(C)noc1C.Cl. The number of nitrogens with one attached hydrogen (secondary N) is 1. The Morgan fingerprint density at radius 3 is 2.68 bits per heavy atom. The van der Waals surface area contributed by atoms with E-state index in [4.69, 9.17) is 4.52 Å². The molecule has 5 nitrogen and oxygen atoms in total. The summed E-state index contributed by atoms with van der Waals surface area (Å²) < 4.78 is 5.09. The molecule has 0 bridgehead atoms. The molecule has 0 aliphatic rings. The van der Waals surface area contributed by atoms with Crippen LogP contribution in [0.25, 0.3) is 0 Å². The summed E-state index contributed by atoms with van der Waals surface area (Å²) in [7, 11) is 3.71. The van der Waals surface area contributed by atoms with E-state index in [1.807, 2.05) is 27.9 Å².